The first-order chi connectivity index (χ1) is 30.8. The number of carbonyl (C=O) groups excluding carboxylic acids is 1. The van der Waals surface area contributed by atoms with Crippen molar-refractivity contribution in [1.82, 2.24) is 0 Å². The Kier molecular flexibility index (Phi) is 14.3. The van der Waals surface area contributed by atoms with Gasteiger partial charge in [-0.2, -0.15) is 0 Å². The molecule has 65 heavy (non-hydrogen) atoms. The van der Waals surface area contributed by atoms with Crippen LogP contribution in [0.25, 0.3) is 12.2 Å². The standard InChI is InChI=1S/C42H48O23/c1-15-38(65-28(48)7-4-16-2-5-18(44)6-3-16)34(54)37(57)40(59-15)58-14-27-31(51)33(53)36(56)42(64-27)62-25-12-20-23(60-39(25)17-8-21(46)29(49)22(47)9-17)10-19(45)11-24(20)61-41-35(55)32(52)30(50)26(13-43)63-41/h2-12,15,26-27,30-47,49-57H,13-14H2,1H3/p+1/b7-4+/t15-,26+,27-,30+,31+,32-,33-,34+,35-,36+,37+,38-,39?,40+,41+,42+/m0/s1. The Bertz CT molecular complexity index is 2190. The summed E-state index contributed by atoms with van der Waals surface area (Å²) in [6, 6.07) is 10.2. The van der Waals surface area contributed by atoms with E-state index in [0.717, 1.165) is 30.3 Å². The van der Waals surface area contributed by atoms with Gasteiger partial charge in [-0.3, -0.25) is 0 Å². The highest BCUT2D eigenvalue weighted by atomic mass is 16.7. The number of phenolic OH excluding ortho intramolecular Hbond substituents is 5. The molecule has 23 heteroatoms. The molecule has 3 aromatic carbocycles. The average molecular weight is 922 g/mol. The summed E-state index contributed by atoms with van der Waals surface area (Å²) in [7, 11) is 0. The number of aromatic hydroxyl groups is 6. The van der Waals surface area contributed by atoms with Gasteiger partial charge < -0.3 is 109 Å². The first-order valence-corrected chi connectivity index (χ1v) is 20.0. The lowest BCUT2D eigenvalue weighted by Crippen LogP contribution is -2.61. The zero-order valence-electron chi connectivity index (χ0n) is 34.0. The van der Waals surface area contributed by atoms with E-state index in [1.807, 2.05) is 0 Å². The topological polar surface area (TPSA) is 378 Å². The van der Waals surface area contributed by atoms with Crippen LogP contribution in [0.4, 0.5) is 0 Å². The lowest BCUT2D eigenvalue weighted by molar-refractivity contribution is -0.325. The molecule has 354 valence electrons. The quantitative estimate of drug-likeness (QED) is 0.0392. The van der Waals surface area contributed by atoms with Crippen LogP contribution in [0.15, 0.2) is 60.4 Å². The third-order valence-corrected chi connectivity index (χ3v) is 11.1. The van der Waals surface area contributed by atoms with Crippen molar-refractivity contribution in [3.63, 3.8) is 0 Å². The molecule has 0 radical (unpaired) electrons. The average Bonchev–Trinajstić information content (AvgIpc) is 3.27. The maximum atomic E-state index is 12.6. The van der Waals surface area contributed by atoms with Crippen LogP contribution >= 0.6 is 0 Å². The molecular formula is C42H49O23+. The summed E-state index contributed by atoms with van der Waals surface area (Å²) < 4.78 is 44.5. The summed E-state index contributed by atoms with van der Waals surface area (Å²) in [6.45, 7) is -0.0383. The smallest absolute Gasteiger partial charge is 0.331 e. The lowest BCUT2D eigenvalue weighted by atomic mass is 9.98. The highest BCUT2D eigenvalue weighted by Gasteiger charge is 2.50. The summed E-state index contributed by atoms with van der Waals surface area (Å²) in [4.78, 5) is 12.6. The molecule has 0 amide bonds. The third kappa shape index (κ3) is 10.0. The Labute approximate surface area is 367 Å². The number of fused-ring (bicyclic) bond motifs is 1. The zero-order valence-corrected chi connectivity index (χ0v) is 34.0. The van der Waals surface area contributed by atoms with Crippen molar-refractivity contribution in [2.75, 3.05) is 13.2 Å². The number of ether oxygens (including phenoxy) is 8. The van der Waals surface area contributed by atoms with E-state index in [-0.39, 0.29) is 34.1 Å². The van der Waals surface area contributed by atoms with Gasteiger partial charge in [0.1, 0.15) is 83.9 Å². The SMILES string of the molecule is C[C@@H]1O[C@@H](OC[C@@H]2O[C@@H](OC3=Cc4c(O[C@@H]5O[C@H](CO)[C@@H](O)[C@H](O)[C@@H]5O)cc(O)cc4[OH+]C3c3cc(O)c(O)c(O)c3)[C@H](O)[C@@H](O)[C@@H]2O)[C@H](O)[C@@H](O)[C@H]1OC(=O)/C=C/c1ccc(O)cc1. The van der Waals surface area contributed by atoms with Crippen LogP contribution in [0.2, 0.25) is 0 Å². The normalized spacial score (nSPS) is 34.8. The van der Waals surface area contributed by atoms with Crippen molar-refractivity contribution < 1.29 is 114 Å². The minimum Gasteiger partial charge on any atom is -0.571 e. The molecule has 4 heterocycles. The van der Waals surface area contributed by atoms with Crippen LogP contribution in [0, 0.1) is 0 Å². The first-order valence-electron chi connectivity index (χ1n) is 20.0. The van der Waals surface area contributed by atoms with E-state index in [4.69, 9.17) is 33.2 Å². The second kappa shape index (κ2) is 19.5. The predicted octanol–water partition coefficient (Wildman–Crippen LogP) is -2.34. The van der Waals surface area contributed by atoms with Crippen molar-refractivity contribution in [3.8, 4) is 40.2 Å². The second-order valence-electron chi connectivity index (χ2n) is 15.7. The molecule has 16 atom stereocenters. The Morgan fingerprint density at radius 3 is 1.94 bits per heavy atom. The van der Waals surface area contributed by atoms with Crippen molar-refractivity contribution >= 4 is 18.1 Å². The molecule has 0 bridgehead atoms. The van der Waals surface area contributed by atoms with Gasteiger partial charge in [0.05, 0.1) is 30.9 Å². The number of aliphatic hydroxyl groups excluding tert-OH is 9. The van der Waals surface area contributed by atoms with Gasteiger partial charge in [-0.25, -0.2) is 4.79 Å². The Morgan fingerprint density at radius 1 is 0.692 bits per heavy atom. The van der Waals surface area contributed by atoms with E-state index < -0.39 is 140 Å². The number of hydrogen-bond donors (Lipinski definition) is 14. The Balaban J connectivity index is 1.10. The molecule has 0 aliphatic carbocycles. The number of aliphatic hydroxyl groups is 10. The number of benzene rings is 3. The fourth-order valence-corrected chi connectivity index (χ4v) is 7.49. The molecule has 0 aromatic heterocycles. The summed E-state index contributed by atoms with van der Waals surface area (Å²) in [6.07, 6.45) is -23.2. The third-order valence-electron chi connectivity index (χ3n) is 11.1. The maximum Gasteiger partial charge on any atom is 0.331 e. The van der Waals surface area contributed by atoms with Crippen LogP contribution in [0.1, 0.15) is 29.7 Å². The molecular weight excluding hydrogens is 872 g/mol. The van der Waals surface area contributed by atoms with Gasteiger partial charge in [0.25, 0.3) is 11.9 Å². The molecule has 0 saturated carbocycles. The Morgan fingerprint density at radius 2 is 1.29 bits per heavy atom. The van der Waals surface area contributed by atoms with Crippen LogP contribution in [-0.2, 0) is 33.2 Å². The molecule has 4 aliphatic heterocycles. The van der Waals surface area contributed by atoms with Crippen LogP contribution in [0.3, 0.4) is 0 Å². The van der Waals surface area contributed by atoms with Crippen molar-refractivity contribution in [2.24, 2.45) is 0 Å². The van der Waals surface area contributed by atoms with E-state index >= 15 is 0 Å². The molecule has 0 spiro atoms. The first kappa shape index (κ1) is 47.5. The summed E-state index contributed by atoms with van der Waals surface area (Å²) in [5, 5.41) is 147. The highest BCUT2D eigenvalue weighted by molar-refractivity contribution is 5.87. The number of carbonyl (C=O) groups is 1. The molecule has 7 rings (SSSR count). The van der Waals surface area contributed by atoms with Gasteiger partial charge in [-0.15, -0.1) is 0 Å². The van der Waals surface area contributed by atoms with Gasteiger partial charge >= 0.3 is 5.97 Å². The summed E-state index contributed by atoms with van der Waals surface area (Å²) >= 11 is 0. The molecule has 3 aromatic rings. The number of esters is 1. The summed E-state index contributed by atoms with van der Waals surface area (Å²) in [5.41, 5.74) is 0.494. The second-order valence-corrected chi connectivity index (χ2v) is 15.7. The molecule has 15 N–H and O–H groups in total. The van der Waals surface area contributed by atoms with Crippen LogP contribution in [0.5, 0.6) is 40.2 Å². The summed E-state index contributed by atoms with van der Waals surface area (Å²) in [5.74, 6) is -4.38. The van der Waals surface area contributed by atoms with Gasteiger partial charge in [-0.1, -0.05) is 12.1 Å². The van der Waals surface area contributed by atoms with Crippen molar-refractivity contribution in [1.29, 1.82) is 0 Å². The monoisotopic (exact) mass is 921 g/mol. The van der Waals surface area contributed by atoms with Crippen molar-refractivity contribution in [3.05, 3.63) is 77.1 Å². The molecule has 23 nitrogen and oxygen atoms in total. The van der Waals surface area contributed by atoms with E-state index in [1.165, 1.54) is 31.2 Å². The number of hydrogen-bond acceptors (Lipinski definition) is 22. The predicted molar refractivity (Wildman–Crippen MR) is 213 cm³/mol. The van der Waals surface area contributed by atoms with E-state index in [1.54, 1.807) is 12.1 Å². The largest absolute Gasteiger partial charge is 0.571 e. The van der Waals surface area contributed by atoms with Gasteiger partial charge in [-0.05, 0) is 42.8 Å². The van der Waals surface area contributed by atoms with Crippen molar-refractivity contribution in [2.45, 2.75) is 105 Å². The zero-order chi connectivity index (χ0) is 47.0. The molecule has 3 fully saturated rings. The molecule has 1 unspecified atom stereocenters. The number of phenols is 5. The molecule has 3 saturated heterocycles. The fraction of sp³-hybridized carbons (Fsp3) is 0.452. The Hall–Kier alpha value is -5.51. The van der Waals surface area contributed by atoms with E-state index in [0.29, 0.717) is 5.56 Å². The highest BCUT2D eigenvalue weighted by Crippen LogP contribution is 2.48. The van der Waals surface area contributed by atoms with Crippen LogP contribution < -0.4 is 4.74 Å². The van der Waals surface area contributed by atoms with E-state index in [9.17, 15) is 76.3 Å². The molecule has 4 aliphatic rings. The number of rotatable bonds is 12. The van der Waals surface area contributed by atoms with Gasteiger partial charge in [0.15, 0.2) is 35.4 Å². The van der Waals surface area contributed by atoms with E-state index in [2.05, 4.69) is 4.74 Å². The van der Waals surface area contributed by atoms with Crippen LogP contribution in [-0.4, -0.2) is 188 Å². The lowest BCUT2D eigenvalue weighted by Gasteiger charge is -2.43. The maximum absolute atomic E-state index is 12.6. The minimum atomic E-state index is -2.01. The van der Waals surface area contributed by atoms with Gasteiger partial charge in [0.2, 0.25) is 12.6 Å². The fourth-order valence-electron chi connectivity index (χ4n) is 7.49. The van der Waals surface area contributed by atoms with Gasteiger partial charge in [0, 0.05) is 18.2 Å². The minimum absolute atomic E-state index is 0.0162.